The number of hydrogen-bond acceptors (Lipinski definition) is 6. The number of nitrogens with one attached hydrogen (secondary N) is 1. The second-order valence-corrected chi connectivity index (χ2v) is 3.82. The average Bonchev–Trinajstić information content (AvgIpc) is 2.20. The molecule has 1 saturated heterocycles. The van der Waals surface area contributed by atoms with E-state index < -0.39 is 11.4 Å². The van der Waals surface area contributed by atoms with Gasteiger partial charge in [0.05, 0.1) is 18.0 Å². The van der Waals surface area contributed by atoms with Gasteiger partial charge in [-0.05, 0) is 6.92 Å². The van der Waals surface area contributed by atoms with Crippen LogP contribution in [0.4, 0.5) is 0 Å². The van der Waals surface area contributed by atoms with E-state index in [2.05, 4.69) is 14.4 Å². The fraction of sp³-hybridized carbons (Fsp3) is 1.00. The summed E-state index contributed by atoms with van der Waals surface area (Å²) in [5, 5.41) is 3.22. The van der Waals surface area contributed by atoms with Gasteiger partial charge in [-0.3, -0.25) is 9.08 Å². The van der Waals surface area contributed by atoms with Crippen molar-refractivity contribution in [2.75, 3.05) is 39.4 Å². The molecule has 0 bridgehead atoms. The van der Waals surface area contributed by atoms with Crippen molar-refractivity contribution in [1.29, 1.82) is 0 Å². The summed E-state index contributed by atoms with van der Waals surface area (Å²) in [7, 11) is 0. The number of piperazine rings is 1. The highest BCUT2D eigenvalue weighted by atomic mass is 32.2. The van der Waals surface area contributed by atoms with Crippen LogP contribution in [0.5, 0.6) is 0 Å². The fourth-order valence-electron chi connectivity index (χ4n) is 1.56. The normalized spacial score (nSPS) is 25.3. The summed E-state index contributed by atoms with van der Waals surface area (Å²) >= 11 is -2.42. The predicted molar refractivity (Wildman–Crippen MR) is 54.7 cm³/mol. The molecule has 0 saturated carbocycles. The molecule has 1 rings (SSSR count). The molecule has 0 aromatic rings. The maximum Gasteiger partial charge on any atom is 0.123 e. The highest BCUT2D eigenvalue weighted by Crippen LogP contribution is 2.04. The fourth-order valence-corrected chi connectivity index (χ4v) is 1.77. The lowest BCUT2D eigenvalue weighted by Gasteiger charge is -2.35. The van der Waals surface area contributed by atoms with E-state index in [9.17, 15) is 8.76 Å². The highest BCUT2D eigenvalue weighted by Gasteiger charge is 2.21. The minimum absolute atomic E-state index is 0.0208. The second kappa shape index (κ2) is 7.26. The molecule has 1 heterocycles. The minimum Gasteiger partial charge on any atom is -0.750 e. The summed E-state index contributed by atoms with van der Waals surface area (Å²) in [6.07, 6.45) is 0.0208. The van der Waals surface area contributed by atoms with Gasteiger partial charge in [0.25, 0.3) is 0 Å². The monoisotopic (exact) mass is 237 g/mol. The van der Waals surface area contributed by atoms with Crippen LogP contribution < -0.4 is 5.32 Å². The van der Waals surface area contributed by atoms with Gasteiger partial charge < -0.3 is 14.6 Å². The predicted octanol–water partition coefficient (Wildman–Crippen LogP) is -0.935. The zero-order valence-electron chi connectivity index (χ0n) is 8.81. The van der Waals surface area contributed by atoms with Crippen LogP contribution >= 0.6 is 0 Å². The summed E-state index contributed by atoms with van der Waals surface area (Å²) < 4.78 is 30.3. The van der Waals surface area contributed by atoms with E-state index in [4.69, 9.17) is 4.74 Å². The Morgan fingerprint density at radius 3 is 3.13 bits per heavy atom. The molecule has 1 fully saturated rings. The Balaban J connectivity index is 2.25. The molecule has 15 heavy (non-hydrogen) atoms. The van der Waals surface area contributed by atoms with Crippen LogP contribution in [0.2, 0.25) is 0 Å². The lowest BCUT2D eigenvalue weighted by atomic mass is 10.3. The first kappa shape index (κ1) is 13.0. The molecule has 0 radical (unpaired) electrons. The third-order valence-electron chi connectivity index (χ3n) is 2.22. The molecule has 2 unspecified atom stereocenters. The molecule has 0 aromatic carbocycles. The Morgan fingerprint density at radius 2 is 2.47 bits per heavy atom. The summed E-state index contributed by atoms with van der Waals surface area (Å²) in [5.74, 6) is 0. The first-order chi connectivity index (χ1) is 7.24. The largest absolute Gasteiger partial charge is 0.750 e. The number of nitrogens with zero attached hydrogens (tertiary/aromatic N) is 1. The van der Waals surface area contributed by atoms with Crippen molar-refractivity contribution < 1.29 is 17.7 Å². The van der Waals surface area contributed by atoms with E-state index >= 15 is 0 Å². The Hall–Kier alpha value is -0.0500. The zero-order valence-corrected chi connectivity index (χ0v) is 9.62. The van der Waals surface area contributed by atoms with Gasteiger partial charge in [-0.15, -0.1) is 0 Å². The van der Waals surface area contributed by atoms with E-state index in [1.165, 1.54) is 0 Å². The Bertz CT molecular complexity index is 203. The third-order valence-corrected chi connectivity index (χ3v) is 2.58. The molecule has 6 nitrogen and oxygen atoms in total. The average molecular weight is 237 g/mol. The first-order valence-electron chi connectivity index (χ1n) is 5.03. The SMILES string of the molecule is CCOC1CNCCN1CCOS(=O)[O-]. The maximum absolute atomic E-state index is 10.2. The molecule has 0 amide bonds. The summed E-state index contributed by atoms with van der Waals surface area (Å²) in [4.78, 5) is 2.08. The lowest BCUT2D eigenvalue weighted by molar-refractivity contribution is -0.0692. The molecule has 0 spiro atoms. The second-order valence-electron chi connectivity index (χ2n) is 3.18. The highest BCUT2D eigenvalue weighted by molar-refractivity contribution is 7.74. The van der Waals surface area contributed by atoms with E-state index in [1.807, 2.05) is 6.92 Å². The Labute approximate surface area is 92.4 Å². The molecule has 1 N–H and O–H groups in total. The summed E-state index contributed by atoms with van der Waals surface area (Å²) in [6, 6.07) is 0. The van der Waals surface area contributed by atoms with Crippen LogP contribution in [0.15, 0.2) is 0 Å². The van der Waals surface area contributed by atoms with Gasteiger partial charge >= 0.3 is 0 Å². The van der Waals surface area contributed by atoms with Crippen LogP contribution in [-0.4, -0.2) is 59.3 Å². The van der Waals surface area contributed by atoms with Crippen LogP contribution in [0, 0.1) is 0 Å². The standard InChI is InChI=1S/C8H18N2O4S/c1-2-13-8-7-9-3-4-10(8)5-6-14-15(11)12/h8-9H,2-7H2,1H3,(H,11,12)/p-1. The van der Waals surface area contributed by atoms with Crippen molar-refractivity contribution in [2.45, 2.75) is 13.2 Å². The summed E-state index contributed by atoms with van der Waals surface area (Å²) in [5.41, 5.74) is 0. The zero-order chi connectivity index (χ0) is 11.1. The topological polar surface area (TPSA) is 73.9 Å². The molecule has 7 heteroatoms. The van der Waals surface area contributed by atoms with Gasteiger partial charge in [0.2, 0.25) is 0 Å². The number of hydrogen-bond donors (Lipinski definition) is 1. The molecular formula is C8H17N2O4S-. The minimum atomic E-state index is -2.42. The van der Waals surface area contributed by atoms with E-state index in [0.717, 1.165) is 19.6 Å². The number of ether oxygens (including phenoxy) is 1. The van der Waals surface area contributed by atoms with Crippen molar-refractivity contribution in [3.63, 3.8) is 0 Å². The molecule has 90 valence electrons. The van der Waals surface area contributed by atoms with Gasteiger partial charge in [-0.2, -0.15) is 0 Å². The van der Waals surface area contributed by atoms with Gasteiger partial charge in [0, 0.05) is 32.8 Å². The van der Waals surface area contributed by atoms with Crippen molar-refractivity contribution in [3.05, 3.63) is 0 Å². The van der Waals surface area contributed by atoms with E-state index in [1.54, 1.807) is 0 Å². The number of rotatable bonds is 6. The summed E-state index contributed by atoms with van der Waals surface area (Å²) in [6.45, 7) is 5.85. The van der Waals surface area contributed by atoms with Crippen LogP contribution in [0.3, 0.4) is 0 Å². The Morgan fingerprint density at radius 1 is 1.67 bits per heavy atom. The van der Waals surface area contributed by atoms with Gasteiger partial charge in [0.15, 0.2) is 0 Å². The lowest BCUT2D eigenvalue weighted by Crippen LogP contribution is -2.53. The quantitative estimate of drug-likeness (QED) is 0.601. The molecule has 1 aliphatic rings. The molecule has 1 aliphatic heterocycles. The van der Waals surface area contributed by atoms with Crippen LogP contribution in [0.1, 0.15) is 6.92 Å². The van der Waals surface area contributed by atoms with Crippen LogP contribution in [-0.2, 0) is 20.3 Å². The van der Waals surface area contributed by atoms with Gasteiger partial charge in [0.1, 0.15) is 6.23 Å². The first-order valence-corrected chi connectivity index (χ1v) is 6.03. The Kier molecular flexibility index (Phi) is 6.30. The van der Waals surface area contributed by atoms with Crippen molar-refractivity contribution >= 4 is 11.4 Å². The van der Waals surface area contributed by atoms with Crippen molar-refractivity contribution in [1.82, 2.24) is 10.2 Å². The van der Waals surface area contributed by atoms with Crippen molar-refractivity contribution in [3.8, 4) is 0 Å². The van der Waals surface area contributed by atoms with Crippen molar-refractivity contribution in [2.24, 2.45) is 0 Å². The van der Waals surface area contributed by atoms with Gasteiger partial charge in [-0.25, -0.2) is 4.21 Å². The molecule has 0 aliphatic carbocycles. The van der Waals surface area contributed by atoms with Crippen LogP contribution in [0.25, 0.3) is 0 Å². The van der Waals surface area contributed by atoms with E-state index in [0.29, 0.717) is 13.2 Å². The smallest absolute Gasteiger partial charge is 0.123 e. The third kappa shape index (κ3) is 5.01. The van der Waals surface area contributed by atoms with E-state index in [-0.39, 0.29) is 12.8 Å². The maximum atomic E-state index is 10.2. The molecule has 2 atom stereocenters. The molecular weight excluding hydrogens is 220 g/mol. The molecule has 0 aromatic heterocycles. The van der Waals surface area contributed by atoms with Gasteiger partial charge in [-0.1, -0.05) is 0 Å².